The summed E-state index contributed by atoms with van der Waals surface area (Å²) in [4.78, 5) is 0. The fourth-order valence-corrected chi connectivity index (χ4v) is 3.11. The normalized spacial score (nSPS) is 12.7. The van der Waals surface area contributed by atoms with Gasteiger partial charge in [0, 0.05) is 0 Å². The van der Waals surface area contributed by atoms with Crippen LogP contribution in [-0.4, -0.2) is 7.11 Å². The van der Waals surface area contributed by atoms with Crippen molar-refractivity contribution in [3.05, 3.63) is 69.5 Å². The topological polar surface area (TPSA) is 9.23 Å². The summed E-state index contributed by atoms with van der Waals surface area (Å²) in [6.45, 7) is 2.12. The van der Waals surface area contributed by atoms with Crippen LogP contribution in [0.5, 0.6) is 5.75 Å². The average molecular weight is 356 g/mol. The van der Waals surface area contributed by atoms with Gasteiger partial charge in [0.25, 0.3) is 0 Å². The van der Waals surface area contributed by atoms with Crippen LogP contribution >= 0.6 is 0 Å². The maximum absolute atomic E-state index is 14.4. The molecule has 2 aromatic rings. The predicted molar refractivity (Wildman–Crippen MR) is 96.5 cm³/mol. The molecule has 0 saturated heterocycles. The zero-order valence-corrected chi connectivity index (χ0v) is 14.8. The highest BCUT2D eigenvalue weighted by Crippen LogP contribution is 2.28. The second-order valence-electron chi connectivity index (χ2n) is 6.28. The molecule has 0 atom stereocenters. The summed E-state index contributed by atoms with van der Waals surface area (Å²) in [5.74, 6) is 2.31. The van der Waals surface area contributed by atoms with Crippen LogP contribution in [0.1, 0.15) is 48.4 Å². The van der Waals surface area contributed by atoms with Crippen LogP contribution in [0.15, 0.2) is 29.8 Å². The third-order valence-corrected chi connectivity index (χ3v) is 4.47. The molecule has 0 unspecified atom stereocenters. The Hall–Kier alpha value is -2.67. The summed E-state index contributed by atoms with van der Waals surface area (Å²) in [6.07, 6.45) is 5.92. The van der Waals surface area contributed by atoms with Gasteiger partial charge in [-0.15, -0.1) is 0 Å². The number of rotatable bonds is 3. The number of allylic oxidation sites excluding steroid dienone is 1. The molecule has 26 heavy (non-hydrogen) atoms. The fourth-order valence-electron chi connectivity index (χ4n) is 3.11. The minimum Gasteiger partial charge on any atom is -0.494 e. The SMILES string of the molecule is CCCC1=Cc2cc(F)c(C#Cc3ccc(OC)c(F)c3F)cc2CC1. The Kier molecular flexibility index (Phi) is 5.37. The number of benzene rings is 2. The van der Waals surface area contributed by atoms with Crippen molar-refractivity contribution in [3.8, 4) is 17.6 Å². The van der Waals surface area contributed by atoms with Crippen molar-refractivity contribution in [1.29, 1.82) is 0 Å². The van der Waals surface area contributed by atoms with E-state index in [1.54, 1.807) is 6.07 Å². The van der Waals surface area contributed by atoms with Gasteiger partial charge >= 0.3 is 0 Å². The Labute approximate surface area is 151 Å². The zero-order valence-electron chi connectivity index (χ0n) is 14.8. The third-order valence-electron chi connectivity index (χ3n) is 4.47. The molecule has 0 radical (unpaired) electrons. The van der Waals surface area contributed by atoms with Gasteiger partial charge in [-0.3, -0.25) is 0 Å². The van der Waals surface area contributed by atoms with Crippen LogP contribution < -0.4 is 4.74 Å². The quantitative estimate of drug-likeness (QED) is 0.647. The minimum absolute atomic E-state index is 0.134. The van der Waals surface area contributed by atoms with Crippen molar-refractivity contribution in [2.45, 2.75) is 32.6 Å². The van der Waals surface area contributed by atoms with Crippen molar-refractivity contribution >= 4 is 6.08 Å². The van der Waals surface area contributed by atoms with Crippen LogP contribution in [-0.2, 0) is 6.42 Å². The molecule has 1 aliphatic carbocycles. The smallest absolute Gasteiger partial charge is 0.201 e. The van der Waals surface area contributed by atoms with E-state index in [4.69, 9.17) is 4.74 Å². The molecule has 0 heterocycles. The molecule has 0 bridgehead atoms. The lowest BCUT2D eigenvalue weighted by atomic mass is 9.89. The van der Waals surface area contributed by atoms with Gasteiger partial charge in [0.2, 0.25) is 5.82 Å². The number of ether oxygens (including phenoxy) is 1. The summed E-state index contributed by atoms with van der Waals surface area (Å²) < 4.78 is 46.8. The van der Waals surface area contributed by atoms with Crippen LogP contribution in [0.25, 0.3) is 6.08 Å². The lowest BCUT2D eigenvalue weighted by molar-refractivity contribution is 0.371. The summed E-state index contributed by atoms with van der Waals surface area (Å²) in [6, 6.07) is 5.79. The van der Waals surface area contributed by atoms with Gasteiger partial charge < -0.3 is 4.74 Å². The number of hydrogen-bond acceptors (Lipinski definition) is 1. The number of methoxy groups -OCH3 is 1. The van der Waals surface area contributed by atoms with Crippen molar-refractivity contribution in [3.63, 3.8) is 0 Å². The number of aryl methyl sites for hydroxylation is 1. The molecule has 0 spiro atoms. The molecule has 2 aromatic carbocycles. The first kappa shape index (κ1) is 18.1. The number of halogens is 3. The monoisotopic (exact) mass is 356 g/mol. The van der Waals surface area contributed by atoms with Crippen LogP contribution in [0.3, 0.4) is 0 Å². The van der Waals surface area contributed by atoms with Gasteiger partial charge in [-0.2, -0.15) is 4.39 Å². The highest BCUT2D eigenvalue weighted by atomic mass is 19.2. The average Bonchev–Trinajstić information content (AvgIpc) is 2.63. The van der Waals surface area contributed by atoms with E-state index in [9.17, 15) is 13.2 Å². The Morgan fingerprint density at radius 3 is 2.50 bits per heavy atom. The molecule has 1 nitrogen and oxygen atoms in total. The highest BCUT2D eigenvalue weighted by molar-refractivity contribution is 5.62. The molecular formula is C22H19F3O. The lowest BCUT2D eigenvalue weighted by Crippen LogP contribution is -2.02. The summed E-state index contributed by atoms with van der Waals surface area (Å²) >= 11 is 0. The summed E-state index contributed by atoms with van der Waals surface area (Å²) in [5, 5.41) is 0. The molecule has 0 fully saturated rings. The first-order valence-electron chi connectivity index (χ1n) is 8.59. The highest BCUT2D eigenvalue weighted by Gasteiger charge is 2.14. The van der Waals surface area contributed by atoms with Gasteiger partial charge in [0.15, 0.2) is 11.6 Å². The van der Waals surface area contributed by atoms with Crippen molar-refractivity contribution in [2.24, 2.45) is 0 Å². The number of fused-ring (bicyclic) bond motifs is 1. The van der Waals surface area contributed by atoms with Crippen molar-refractivity contribution in [2.75, 3.05) is 7.11 Å². The molecule has 0 N–H and O–H groups in total. The minimum atomic E-state index is -1.10. The fraction of sp³-hybridized carbons (Fsp3) is 0.273. The summed E-state index contributed by atoms with van der Waals surface area (Å²) in [5.41, 5.74) is 3.28. The Bertz CT molecular complexity index is 933. The van der Waals surface area contributed by atoms with Gasteiger partial charge in [-0.05, 0) is 54.7 Å². The van der Waals surface area contributed by atoms with Crippen LogP contribution in [0.4, 0.5) is 13.2 Å². The Morgan fingerprint density at radius 1 is 1.00 bits per heavy atom. The Morgan fingerprint density at radius 2 is 1.77 bits per heavy atom. The lowest BCUT2D eigenvalue weighted by Gasteiger charge is -2.16. The summed E-state index contributed by atoms with van der Waals surface area (Å²) in [7, 11) is 1.26. The predicted octanol–water partition coefficient (Wildman–Crippen LogP) is 5.64. The second kappa shape index (κ2) is 7.70. The second-order valence-corrected chi connectivity index (χ2v) is 6.28. The Balaban J connectivity index is 1.94. The first-order valence-corrected chi connectivity index (χ1v) is 8.59. The van der Waals surface area contributed by atoms with Crippen LogP contribution in [0, 0.1) is 29.3 Å². The van der Waals surface area contributed by atoms with E-state index in [2.05, 4.69) is 18.8 Å². The first-order chi connectivity index (χ1) is 12.5. The van der Waals surface area contributed by atoms with E-state index in [0.717, 1.165) is 36.8 Å². The molecule has 0 aliphatic heterocycles. The standard InChI is InChI=1S/C22H19F3O/c1-3-4-14-5-6-16-12-17(19(23)13-18(16)11-14)8-7-15-9-10-20(26-2)22(25)21(15)24/h9-13H,3-6H2,1-2H3. The molecule has 4 heteroatoms. The molecule has 0 saturated carbocycles. The van der Waals surface area contributed by atoms with E-state index >= 15 is 0 Å². The third kappa shape index (κ3) is 3.62. The van der Waals surface area contributed by atoms with Crippen molar-refractivity contribution in [1.82, 2.24) is 0 Å². The van der Waals surface area contributed by atoms with E-state index in [-0.39, 0.29) is 16.9 Å². The molecule has 3 rings (SSSR count). The van der Waals surface area contributed by atoms with Gasteiger partial charge in [-0.1, -0.05) is 36.8 Å². The molecule has 1 aliphatic rings. The van der Waals surface area contributed by atoms with Gasteiger partial charge in [0.1, 0.15) is 5.82 Å². The van der Waals surface area contributed by atoms with E-state index < -0.39 is 17.5 Å². The molecule has 0 aromatic heterocycles. The van der Waals surface area contributed by atoms with Crippen molar-refractivity contribution < 1.29 is 17.9 Å². The van der Waals surface area contributed by atoms with E-state index in [1.165, 1.54) is 30.9 Å². The van der Waals surface area contributed by atoms with E-state index in [1.807, 2.05) is 6.08 Å². The largest absolute Gasteiger partial charge is 0.494 e. The zero-order chi connectivity index (χ0) is 18.7. The van der Waals surface area contributed by atoms with Gasteiger partial charge in [0.05, 0.1) is 18.2 Å². The van der Waals surface area contributed by atoms with Crippen LogP contribution in [0.2, 0.25) is 0 Å². The van der Waals surface area contributed by atoms with Gasteiger partial charge in [-0.25, -0.2) is 8.78 Å². The maximum atomic E-state index is 14.4. The molecule has 0 amide bonds. The van der Waals surface area contributed by atoms with E-state index in [0.29, 0.717) is 0 Å². The number of hydrogen-bond donors (Lipinski definition) is 0. The molecule has 134 valence electrons. The molecular weight excluding hydrogens is 337 g/mol. The maximum Gasteiger partial charge on any atom is 0.201 e.